The summed E-state index contributed by atoms with van der Waals surface area (Å²) in [7, 11) is 0. The van der Waals surface area contributed by atoms with Gasteiger partial charge in [-0.25, -0.2) is 0 Å². The molecule has 6 heteroatoms. The zero-order valence-corrected chi connectivity index (χ0v) is 12.0. The predicted molar refractivity (Wildman–Crippen MR) is 78.0 cm³/mol. The van der Waals surface area contributed by atoms with Crippen LogP contribution in [0, 0.1) is 0 Å². The highest BCUT2D eigenvalue weighted by Gasteiger charge is 2.06. The molecular formula is C16H16N2O4. The van der Waals surface area contributed by atoms with Crippen molar-refractivity contribution in [3.8, 4) is 0 Å². The summed E-state index contributed by atoms with van der Waals surface area (Å²) in [6.45, 7) is 0.969. The molecule has 2 rings (SSSR count). The number of furan rings is 1. The van der Waals surface area contributed by atoms with Gasteiger partial charge in [0.1, 0.15) is 19.0 Å². The summed E-state index contributed by atoms with van der Waals surface area (Å²) in [4.78, 5) is 13.8. The molecule has 2 aromatic rings. The lowest BCUT2D eigenvalue weighted by molar-refractivity contribution is -0.120. The first-order chi connectivity index (χ1) is 10.8. The Balaban J connectivity index is 1.83. The Morgan fingerprint density at radius 1 is 1.09 bits per heavy atom. The van der Waals surface area contributed by atoms with Gasteiger partial charge >= 0.3 is 6.21 Å². The molecule has 0 N–H and O–H groups in total. The molecule has 0 saturated heterocycles. The van der Waals surface area contributed by atoms with Crippen molar-refractivity contribution in [1.29, 1.82) is 0 Å². The Kier molecular flexibility index (Phi) is 6.26. The van der Waals surface area contributed by atoms with E-state index in [2.05, 4.69) is 4.79 Å². The van der Waals surface area contributed by atoms with Gasteiger partial charge in [-0.1, -0.05) is 24.3 Å². The summed E-state index contributed by atoms with van der Waals surface area (Å²) in [5.74, 6) is 0.372. The van der Waals surface area contributed by atoms with Crippen LogP contribution in [0.1, 0.15) is 16.9 Å². The van der Waals surface area contributed by atoms with E-state index in [-0.39, 0.29) is 13.2 Å². The standard InChI is InChI=1S/C16H16N2O4/c17-18-8-15(19)11-20-9-13-4-1-2-5-14(13)10-21-12-16-6-3-7-22-16/h1-8H,9-12H2. The van der Waals surface area contributed by atoms with Gasteiger partial charge in [0.2, 0.25) is 0 Å². The van der Waals surface area contributed by atoms with Gasteiger partial charge in [-0.15, -0.1) is 0 Å². The van der Waals surface area contributed by atoms with Crippen molar-refractivity contribution in [2.24, 2.45) is 0 Å². The maximum Gasteiger partial charge on any atom is 0.325 e. The van der Waals surface area contributed by atoms with E-state index in [9.17, 15) is 4.79 Å². The van der Waals surface area contributed by atoms with Crippen LogP contribution in [0.2, 0.25) is 0 Å². The van der Waals surface area contributed by atoms with Crippen LogP contribution in [-0.2, 0) is 34.1 Å². The third-order valence-electron chi connectivity index (χ3n) is 2.90. The van der Waals surface area contributed by atoms with E-state index in [0.29, 0.717) is 13.2 Å². The Bertz CT molecular complexity index is 646. The van der Waals surface area contributed by atoms with Gasteiger partial charge in [0.25, 0.3) is 5.78 Å². The second-order valence-electron chi connectivity index (χ2n) is 4.54. The molecule has 1 aromatic heterocycles. The topological polar surface area (TPSA) is 85.1 Å². The van der Waals surface area contributed by atoms with Crippen LogP contribution < -0.4 is 0 Å². The number of carbonyl (C=O) groups excluding carboxylic acids is 1. The van der Waals surface area contributed by atoms with Gasteiger partial charge in [-0.3, -0.25) is 4.79 Å². The molecule has 0 spiro atoms. The summed E-state index contributed by atoms with van der Waals surface area (Å²) in [6, 6.07) is 11.3. The molecule has 1 heterocycles. The van der Waals surface area contributed by atoms with Crippen molar-refractivity contribution in [3.63, 3.8) is 0 Å². The second kappa shape index (κ2) is 8.69. The molecule has 22 heavy (non-hydrogen) atoms. The average molecular weight is 300 g/mol. The molecule has 0 aliphatic rings. The van der Waals surface area contributed by atoms with Crippen molar-refractivity contribution in [3.05, 3.63) is 65.1 Å². The lowest BCUT2D eigenvalue weighted by atomic mass is 10.1. The average Bonchev–Trinajstić information content (AvgIpc) is 3.02. The van der Waals surface area contributed by atoms with Crippen LogP contribution in [0.4, 0.5) is 0 Å². The van der Waals surface area contributed by atoms with Crippen LogP contribution in [0.25, 0.3) is 5.53 Å². The van der Waals surface area contributed by atoms with E-state index < -0.39 is 5.78 Å². The van der Waals surface area contributed by atoms with E-state index in [0.717, 1.165) is 23.1 Å². The predicted octanol–water partition coefficient (Wildman–Crippen LogP) is 2.38. The van der Waals surface area contributed by atoms with E-state index >= 15 is 0 Å². The first-order valence-corrected chi connectivity index (χ1v) is 6.74. The molecule has 114 valence electrons. The summed E-state index contributed by atoms with van der Waals surface area (Å²) in [5.41, 5.74) is 10.2. The molecule has 0 aliphatic carbocycles. The fraction of sp³-hybridized carbons (Fsp3) is 0.250. The third-order valence-corrected chi connectivity index (χ3v) is 2.90. The Morgan fingerprint density at radius 3 is 2.45 bits per heavy atom. The fourth-order valence-electron chi connectivity index (χ4n) is 1.86. The maximum absolute atomic E-state index is 11.2. The highest BCUT2D eigenvalue weighted by molar-refractivity contribution is 6.25. The van der Waals surface area contributed by atoms with E-state index in [1.807, 2.05) is 36.4 Å². The maximum atomic E-state index is 11.2. The van der Waals surface area contributed by atoms with Crippen molar-refractivity contribution in [2.45, 2.75) is 19.8 Å². The minimum atomic E-state index is -0.394. The van der Waals surface area contributed by atoms with Gasteiger partial charge in [-0.05, 0) is 23.3 Å². The first kappa shape index (κ1) is 15.9. The molecule has 1 aromatic carbocycles. The minimum absolute atomic E-state index is 0.133. The number of ether oxygens (including phenoxy) is 2. The molecule has 0 radical (unpaired) electrons. The van der Waals surface area contributed by atoms with E-state index in [4.69, 9.17) is 19.4 Å². The Morgan fingerprint density at radius 2 is 1.82 bits per heavy atom. The van der Waals surface area contributed by atoms with Crippen LogP contribution in [0.5, 0.6) is 0 Å². The lowest BCUT2D eigenvalue weighted by Gasteiger charge is -2.09. The molecular weight excluding hydrogens is 284 g/mol. The largest absolute Gasteiger partial charge is 0.467 e. The number of hydrogen-bond donors (Lipinski definition) is 0. The molecule has 0 amide bonds. The van der Waals surface area contributed by atoms with Gasteiger partial charge in [-0.2, -0.15) is 4.79 Å². The van der Waals surface area contributed by atoms with Gasteiger partial charge in [0.05, 0.1) is 19.5 Å². The van der Waals surface area contributed by atoms with Crippen LogP contribution >= 0.6 is 0 Å². The normalized spacial score (nSPS) is 10.2. The number of ketones is 1. The van der Waals surface area contributed by atoms with Crippen molar-refractivity contribution >= 4 is 12.0 Å². The number of hydrogen-bond acceptors (Lipinski definition) is 4. The van der Waals surface area contributed by atoms with Gasteiger partial charge in [0.15, 0.2) is 0 Å². The van der Waals surface area contributed by atoms with Crippen LogP contribution in [-0.4, -0.2) is 23.4 Å². The van der Waals surface area contributed by atoms with E-state index in [1.165, 1.54) is 0 Å². The smallest absolute Gasteiger partial charge is 0.325 e. The molecule has 0 bridgehead atoms. The molecule has 0 aliphatic heterocycles. The summed E-state index contributed by atoms with van der Waals surface area (Å²) < 4.78 is 16.1. The summed E-state index contributed by atoms with van der Waals surface area (Å²) >= 11 is 0. The highest BCUT2D eigenvalue weighted by Crippen LogP contribution is 2.13. The Labute approximate surface area is 127 Å². The number of nitrogens with zero attached hydrogens (tertiary/aromatic N) is 2. The molecule has 0 saturated carbocycles. The SMILES string of the molecule is [N-]=[N+]=CC(=O)COCc1ccccc1COCc1ccco1. The Hall–Kier alpha value is -2.53. The van der Waals surface area contributed by atoms with Crippen molar-refractivity contribution in [2.75, 3.05) is 6.61 Å². The highest BCUT2D eigenvalue weighted by atomic mass is 16.5. The van der Waals surface area contributed by atoms with E-state index in [1.54, 1.807) is 6.26 Å². The third kappa shape index (κ3) is 5.10. The van der Waals surface area contributed by atoms with Crippen LogP contribution in [0.15, 0.2) is 47.1 Å². The lowest BCUT2D eigenvalue weighted by Crippen LogP contribution is -2.10. The quantitative estimate of drug-likeness (QED) is 0.404. The summed E-state index contributed by atoms with van der Waals surface area (Å²) in [5, 5.41) is 0. The summed E-state index contributed by atoms with van der Waals surface area (Å²) in [6.07, 6.45) is 2.42. The molecule has 0 atom stereocenters. The van der Waals surface area contributed by atoms with Gasteiger partial charge < -0.3 is 19.4 Å². The molecule has 6 nitrogen and oxygen atoms in total. The van der Waals surface area contributed by atoms with Gasteiger partial charge in [0, 0.05) is 0 Å². The zero-order valence-electron chi connectivity index (χ0n) is 12.0. The number of Topliss-reactive ketones (excluding diaryl/α,β-unsaturated/α-hetero) is 1. The number of carbonyl (C=O) groups is 1. The minimum Gasteiger partial charge on any atom is -0.467 e. The molecule has 0 unspecified atom stereocenters. The molecule has 0 fully saturated rings. The van der Waals surface area contributed by atoms with Crippen molar-refractivity contribution in [1.82, 2.24) is 0 Å². The number of rotatable bonds is 9. The van der Waals surface area contributed by atoms with Crippen molar-refractivity contribution < 1.29 is 23.5 Å². The fourth-order valence-corrected chi connectivity index (χ4v) is 1.86. The second-order valence-corrected chi connectivity index (χ2v) is 4.54. The first-order valence-electron chi connectivity index (χ1n) is 6.74. The van der Waals surface area contributed by atoms with Crippen LogP contribution in [0.3, 0.4) is 0 Å². The zero-order chi connectivity index (χ0) is 15.6. The number of benzene rings is 1. The monoisotopic (exact) mass is 300 g/mol.